The molecule has 2 heterocycles. The lowest BCUT2D eigenvalue weighted by Crippen LogP contribution is -2.22. The summed E-state index contributed by atoms with van der Waals surface area (Å²) in [5.74, 6) is 0.987. The molecule has 2 aromatic rings. The Labute approximate surface area is 109 Å². The minimum Gasteiger partial charge on any atom is -0.400 e. The molecule has 0 fully saturated rings. The smallest absolute Gasteiger partial charge is 0.207 e. The highest BCUT2D eigenvalue weighted by atomic mass is 28.3. The van der Waals surface area contributed by atoms with Gasteiger partial charge in [-0.15, -0.1) is 0 Å². The van der Waals surface area contributed by atoms with E-state index in [1.807, 2.05) is 0 Å². The van der Waals surface area contributed by atoms with Gasteiger partial charge >= 0.3 is 0 Å². The maximum Gasteiger partial charge on any atom is 0.207 e. The summed E-state index contributed by atoms with van der Waals surface area (Å²) >= 11 is 0. The number of nitrogens with zero attached hydrogens (tertiary/aromatic N) is 4. The molecule has 2 aromatic heterocycles. The second-order valence-electron chi connectivity index (χ2n) is 5.53. The third-order valence-electron chi connectivity index (χ3n) is 2.56. The topological polar surface area (TPSA) is 52.8 Å². The first-order chi connectivity index (χ1) is 8.39. The lowest BCUT2D eigenvalue weighted by atomic mass is 9.96. The molecule has 0 bridgehead atoms. The van der Waals surface area contributed by atoms with E-state index in [0.717, 1.165) is 17.0 Å². The first kappa shape index (κ1) is 13.2. The highest BCUT2D eigenvalue weighted by Crippen LogP contribution is 2.25. The monoisotopic (exact) mass is 263 g/mol. The fourth-order valence-electron chi connectivity index (χ4n) is 1.77. The standard InChI is InChI=1S/C12H19N4OSi/c1-12(2,3)11-15-9-6-13-7-14-10(9)16(11)8-17-18(4)5/h6-7H,8H2,1-5H3. The number of imidazole rings is 1. The molecule has 6 heteroatoms. The van der Waals surface area contributed by atoms with E-state index in [4.69, 9.17) is 4.43 Å². The lowest BCUT2D eigenvalue weighted by molar-refractivity contribution is 0.234. The van der Waals surface area contributed by atoms with Crippen LogP contribution in [0.1, 0.15) is 26.6 Å². The van der Waals surface area contributed by atoms with Crippen molar-refractivity contribution in [1.29, 1.82) is 0 Å². The molecule has 0 saturated heterocycles. The van der Waals surface area contributed by atoms with Crippen LogP contribution in [-0.4, -0.2) is 28.6 Å². The molecule has 97 valence electrons. The predicted molar refractivity (Wildman–Crippen MR) is 72.6 cm³/mol. The van der Waals surface area contributed by atoms with Crippen LogP contribution < -0.4 is 0 Å². The largest absolute Gasteiger partial charge is 0.400 e. The summed E-state index contributed by atoms with van der Waals surface area (Å²) < 4.78 is 7.84. The van der Waals surface area contributed by atoms with E-state index in [1.165, 1.54) is 0 Å². The van der Waals surface area contributed by atoms with Crippen LogP contribution in [0.4, 0.5) is 0 Å². The summed E-state index contributed by atoms with van der Waals surface area (Å²) in [6, 6.07) is 0. The molecule has 0 spiro atoms. The number of rotatable bonds is 3. The molecule has 0 atom stereocenters. The lowest BCUT2D eigenvalue weighted by Gasteiger charge is -2.20. The summed E-state index contributed by atoms with van der Waals surface area (Å²) in [4.78, 5) is 13.0. The summed E-state index contributed by atoms with van der Waals surface area (Å²) in [5, 5.41) is 0. The minimum atomic E-state index is -0.732. The Hall–Kier alpha value is -1.27. The van der Waals surface area contributed by atoms with Crippen LogP contribution in [-0.2, 0) is 16.6 Å². The predicted octanol–water partition coefficient (Wildman–Crippen LogP) is 2.35. The van der Waals surface area contributed by atoms with Gasteiger partial charge in [0.25, 0.3) is 0 Å². The minimum absolute atomic E-state index is 0.0432. The highest BCUT2D eigenvalue weighted by Gasteiger charge is 2.23. The first-order valence-corrected chi connectivity index (χ1v) is 8.40. The van der Waals surface area contributed by atoms with Crippen molar-refractivity contribution in [3.05, 3.63) is 18.3 Å². The van der Waals surface area contributed by atoms with Crippen molar-refractivity contribution >= 4 is 20.2 Å². The highest BCUT2D eigenvalue weighted by molar-refractivity contribution is 6.48. The second kappa shape index (κ2) is 4.77. The molecule has 0 aliphatic rings. The Balaban J connectivity index is 2.51. The van der Waals surface area contributed by atoms with Gasteiger partial charge < -0.3 is 4.43 Å². The van der Waals surface area contributed by atoms with Crippen LogP contribution in [0.2, 0.25) is 13.1 Å². The van der Waals surface area contributed by atoms with E-state index in [1.54, 1.807) is 12.5 Å². The third-order valence-corrected chi connectivity index (χ3v) is 3.27. The number of aromatic nitrogens is 4. The number of fused-ring (bicyclic) bond motifs is 1. The van der Waals surface area contributed by atoms with Gasteiger partial charge in [0, 0.05) is 5.41 Å². The molecule has 18 heavy (non-hydrogen) atoms. The van der Waals surface area contributed by atoms with E-state index < -0.39 is 9.04 Å². The van der Waals surface area contributed by atoms with Gasteiger partial charge in [-0.3, -0.25) is 4.57 Å². The average Bonchev–Trinajstić information content (AvgIpc) is 2.64. The SMILES string of the molecule is C[Si](C)OCn1c(C(C)(C)C)nc2cncnc21. The van der Waals surface area contributed by atoms with Crippen molar-refractivity contribution in [1.82, 2.24) is 19.5 Å². The Kier molecular flexibility index (Phi) is 3.49. The summed E-state index contributed by atoms with van der Waals surface area (Å²) in [6.45, 7) is 11.2. The zero-order valence-corrected chi connectivity index (χ0v) is 12.6. The van der Waals surface area contributed by atoms with E-state index in [0.29, 0.717) is 6.73 Å². The fraction of sp³-hybridized carbons (Fsp3) is 0.583. The second-order valence-corrected chi connectivity index (χ2v) is 7.63. The Bertz CT molecular complexity index is 544. The molecule has 0 unspecified atom stereocenters. The Morgan fingerprint density at radius 2 is 2.06 bits per heavy atom. The van der Waals surface area contributed by atoms with E-state index in [-0.39, 0.29) is 5.41 Å². The van der Waals surface area contributed by atoms with Crippen molar-refractivity contribution < 1.29 is 4.43 Å². The van der Waals surface area contributed by atoms with Gasteiger partial charge in [0.05, 0.1) is 6.20 Å². The maximum absolute atomic E-state index is 5.79. The molecule has 0 amide bonds. The van der Waals surface area contributed by atoms with Crippen molar-refractivity contribution in [3.63, 3.8) is 0 Å². The summed E-state index contributed by atoms with van der Waals surface area (Å²) in [6.07, 6.45) is 3.30. The van der Waals surface area contributed by atoms with Gasteiger partial charge in [0.1, 0.15) is 24.4 Å². The van der Waals surface area contributed by atoms with Crippen molar-refractivity contribution in [3.8, 4) is 0 Å². The zero-order chi connectivity index (χ0) is 13.3. The molecular weight excluding hydrogens is 244 g/mol. The first-order valence-electron chi connectivity index (χ1n) is 5.99. The Morgan fingerprint density at radius 3 is 2.67 bits per heavy atom. The van der Waals surface area contributed by atoms with Crippen LogP contribution in [0.25, 0.3) is 11.2 Å². The number of hydrogen-bond donors (Lipinski definition) is 0. The average molecular weight is 263 g/mol. The van der Waals surface area contributed by atoms with Gasteiger partial charge in [-0.05, 0) is 13.1 Å². The van der Waals surface area contributed by atoms with Crippen LogP contribution >= 0.6 is 0 Å². The van der Waals surface area contributed by atoms with Gasteiger partial charge in [0.15, 0.2) is 5.65 Å². The molecule has 0 aliphatic heterocycles. The molecule has 0 aromatic carbocycles. The van der Waals surface area contributed by atoms with Gasteiger partial charge in [0.2, 0.25) is 9.04 Å². The molecule has 5 nitrogen and oxygen atoms in total. The normalized spacial score (nSPS) is 12.6. The molecule has 2 rings (SSSR count). The van der Waals surface area contributed by atoms with Gasteiger partial charge in [-0.1, -0.05) is 20.8 Å². The van der Waals surface area contributed by atoms with Crippen molar-refractivity contribution in [2.45, 2.75) is 46.0 Å². The third kappa shape index (κ3) is 2.59. The van der Waals surface area contributed by atoms with E-state index >= 15 is 0 Å². The molecule has 0 N–H and O–H groups in total. The van der Waals surface area contributed by atoms with Crippen LogP contribution in [0.15, 0.2) is 12.5 Å². The molecule has 0 saturated carbocycles. The van der Waals surface area contributed by atoms with E-state index in [2.05, 4.69) is 53.4 Å². The zero-order valence-electron chi connectivity index (χ0n) is 11.6. The fourth-order valence-corrected chi connectivity index (χ4v) is 2.15. The quantitative estimate of drug-likeness (QED) is 0.798. The van der Waals surface area contributed by atoms with Crippen LogP contribution in [0, 0.1) is 0 Å². The molecular formula is C12H19N4OSi. The molecule has 0 aliphatic carbocycles. The Morgan fingerprint density at radius 1 is 1.33 bits per heavy atom. The molecule has 1 radical (unpaired) electrons. The van der Waals surface area contributed by atoms with Gasteiger partial charge in [-0.2, -0.15) is 0 Å². The number of hydrogen-bond acceptors (Lipinski definition) is 4. The summed E-state index contributed by atoms with van der Waals surface area (Å²) in [7, 11) is -0.732. The maximum atomic E-state index is 5.79. The summed E-state index contributed by atoms with van der Waals surface area (Å²) in [5.41, 5.74) is 1.63. The van der Waals surface area contributed by atoms with Crippen LogP contribution in [0.5, 0.6) is 0 Å². The van der Waals surface area contributed by atoms with Crippen molar-refractivity contribution in [2.24, 2.45) is 0 Å². The van der Waals surface area contributed by atoms with E-state index in [9.17, 15) is 0 Å². The van der Waals surface area contributed by atoms with Crippen molar-refractivity contribution in [2.75, 3.05) is 0 Å². The van der Waals surface area contributed by atoms with Crippen LogP contribution in [0.3, 0.4) is 0 Å². The van der Waals surface area contributed by atoms with Gasteiger partial charge in [-0.25, -0.2) is 15.0 Å².